The molecule has 0 aliphatic carbocycles. The molecule has 3 heteroatoms. The van der Waals surface area contributed by atoms with E-state index in [0.717, 1.165) is 12.3 Å². The molecule has 90 valence electrons. The highest BCUT2D eigenvalue weighted by Gasteiger charge is 2.13. The first-order valence-corrected chi connectivity index (χ1v) is 5.97. The molecule has 2 unspecified atom stereocenters. The van der Waals surface area contributed by atoms with Crippen LogP contribution < -0.4 is 11.1 Å². The molecule has 0 aliphatic heterocycles. The van der Waals surface area contributed by atoms with Crippen molar-refractivity contribution in [1.29, 1.82) is 0 Å². The number of nitrogens with one attached hydrogen (secondary N) is 1. The second kappa shape index (κ2) is 7.69. The van der Waals surface area contributed by atoms with Gasteiger partial charge in [-0.2, -0.15) is 0 Å². The average Bonchev–Trinajstić information content (AvgIpc) is 2.15. The Morgan fingerprint density at radius 1 is 1.20 bits per heavy atom. The first-order chi connectivity index (χ1) is 6.97. The van der Waals surface area contributed by atoms with Gasteiger partial charge < -0.3 is 11.1 Å². The van der Waals surface area contributed by atoms with Gasteiger partial charge >= 0.3 is 0 Å². The van der Waals surface area contributed by atoms with Crippen molar-refractivity contribution in [1.82, 2.24) is 5.32 Å². The van der Waals surface area contributed by atoms with E-state index in [1.807, 2.05) is 6.92 Å². The number of hydrogen-bond acceptors (Lipinski definition) is 2. The Balaban J connectivity index is 3.64. The summed E-state index contributed by atoms with van der Waals surface area (Å²) in [4.78, 5) is 11.5. The lowest BCUT2D eigenvalue weighted by atomic mass is 10.0. The summed E-state index contributed by atoms with van der Waals surface area (Å²) in [7, 11) is 0. The molecule has 0 bridgehead atoms. The van der Waals surface area contributed by atoms with Gasteiger partial charge in [0, 0.05) is 18.5 Å². The van der Waals surface area contributed by atoms with Crippen LogP contribution >= 0.6 is 0 Å². The Hall–Kier alpha value is -0.570. The third-order valence-corrected chi connectivity index (χ3v) is 2.61. The first kappa shape index (κ1) is 14.4. The molecule has 3 N–H and O–H groups in total. The van der Waals surface area contributed by atoms with E-state index in [1.54, 1.807) is 0 Å². The molecule has 0 saturated carbocycles. The highest BCUT2D eigenvalue weighted by Crippen LogP contribution is 2.08. The van der Waals surface area contributed by atoms with E-state index in [2.05, 4.69) is 26.1 Å². The number of rotatable bonds is 7. The van der Waals surface area contributed by atoms with Crippen LogP contribution in [0.2, 0.25) is 0 Å². The fourth-order valence-corrected chi connectivity index (χ4v) is 1.40. The summed E-state index contributed by atoms with van der Waals surface area (Å²) in [6.45, 7) is 8.78. The summed E-state index contributed by atoms with van der Waals surface area (Å²) in [5.74, 6) is 0.753. The Labute approximate surface area is 93.8 Å². The average molecular weight is 214 g/mol. The third-order valence-electron chi connectivity index (χ3n) is 2.61. The fraction of sp³-hybridized carbons (Fsp3) is 0.917. The van der Waals surface area contributed by atoms with Crippen molar-refractivity contribution in [2.75, 3.05) is 6.54 Å². The van der Waals surface area contributed by atoms with Gasteiger partial charge in [-0.3, -0.25) is 4.79 Å². The molecule has 0 heterocycles. The Bertz CT molecular complexity index is 180. The van der Waals surface area contributed by atoms with Gasteiger partial charge in [-0.25, -0.2) is 0 Å². The molecule has 1 amide bonds. The topological polar surface area (TPSA) is 55.1 Å². The van der Waals surface area contributed by atoms with Crippen molar-refractivity contribution in [3.63, 3.8) is 0 Å². The molecule has 0 radical (unpaired) electrons. The van der Waals surface area contributed by atoms with Crippen LogP contribution in [0.5, 0.6) is 0 Å². The highest BCUT2D eigenvalue weighted by molar-refractivity contribution is 5.78. The second-order valence-corrected chi connectivity index (χ2v) is 4.87. The van der Waals surface area contributed by atoms with Gasteiger partial charge in [0.15, 0.2) is 0 Å². The number of nitrogens with two attached hydrogens (primary N) is 1. The SMILES string of the molecule is CC(C)CCCC(C)NC(=O)C(C)CN. The van der Waals surface area contributed by atoms with Gasteiger partial charge in [0.1, 0.15) is 0 Å². The lowest BCUT2D eigenvalue weighted by molar-refractivity contribution is -0.124. The molecular weight excluding hydrogens is 188 g/mol. The summed E-state index contributed by atoms with van der Waals surface area (Å²) in [5.41, 5.74) is 5.43. The van der Waals surface area contributed by atoms with Crippen LogP contribution in [0.4, 0.5) is 0 Å². The standard InChI is InChI=1S/C12H26N2O/c1-9(2)6-5-7-11(4)14-12(15)10(3)8-13/h9-11H,5-8,13H2,1-4H3,(H,14,15). The molecule has 3 nitrogen and oxygen atoms in total. The van der Waals surface area contributed by atoms with Crippen molar-refractivity contribution in [2.45, 2.75) is 53.0 Å². The Morgan fingerprint density at radius 2 is 1.80 bits per heavy atom. The third kappa shape index (κ3) is 7.37. The number of carbonyl (C=O) groups is 1. The first-order valence-electron chi connectivity index (χ1n) is 5.97. The van der Waals surface area contributed by atoms with Crippen LogP contribution in [0.1, 0.15) is 47.0 Å². The monoisotopic (exact) mass is 214 g/mol. The molecular formula is C12H26N2O. The zero-order valence-corrected chi connectivity index (χ0v) is 10.5. The smallest absolute Gasteiger partial charge is 0.224 e. The molecule has 15 heavy (non-hydrogen) atoms. The van der Waals surface area contributed by atoms with Crippen LogP contribution in [0.15, 0.2) is 0 Å². The normalized spacial score (nSPS) is 15.1. The van der Waals surface area contributed by atoms with Crippen LogP contribution in [-0.2, 0) is 4.79 Å². The van der Waals surface area contributed by atoms with Gasteiger partial charge in [0.2, 0.25) is 5.91 Å². The Kier molecular flexibility index (Phi) is 7.39. The minimum absolute atomic E-state index is 0.0717. The summed E-state index contributed by atoms with van der Waals surface area (Å²) in [6.07, 6.45) is 3.46. The quantitative estimate of drug-likeness (QED) is 0.680. The van der Waals surface area contributed by atoms with Gasteiger partial charge in [0.25, 0.3) is 0 Å². The van der Waals surface area contributed by atoms with Crippen LogP contribution in [0, 0.1) is 11.8 Å². The molecule has 0 spiro atoms. The van der Waals surface area contributed by atoms with Gasteiger partial charge in [-0.05, 0) is 19.3 Å². The van der Waals surface area contributed by atoms with E-state index >= 15 is 0 Å². The van der Waals surface area contributed by atoms with Crippen LogP contribution in [0.25, 0.3) is 0 Å². The highest BCUT2D eigenvalue weighted by atomic mass is 16.1. The second-order valence-electron chi connectivity index (χ2n) is 4.87. The summed E-state index contributed by atoms with van der Waals surface area (Å²) in [5, 5.41) is 2.99. The van der Waals surface area contributed by atoms with E-state index in [9.17, 15) is 4.79 Å². The van der Waals surface area contributed by atoms with E-state index < -0.39 is 0 Å². The van der Waals surface area contributed by atoms with Crippen molar-refractivity contribution < 1.29 is 4.79 Å². The molecule has 0 saturated heterocycles. The van der Waals surface area contributed by atoms with E-state index in [-0.39, 0.29) is 17.9 Å². The largest absolute Gasteiger partial charge is 0.353 e. The van der Waals surface area contributed by atoms with Gasteiger partial charge in [-0.1, -0.05) is 33.6 Å². The van der Waals surface area contributed by atoms with Crippen LogP contribution in [-0.4, -0.2) is 18.5 Å². The predicted octanol–water partition coefficient (Wildman–Crippen LogP) is 1.91. The lowest BCUT2D eigenvalue weighted by Crippen LogP contribution is -2.38. The van der Waals surface area contributed by atoms with Crippen molar-refractivity contribution in [3.8, 4) is 0 Å². The van der Waals surface area contributed by atoms with E-state index in [0.29, 0.717) is 6.54 Å². The van der Waals surface area contributed by atoms with Gasteiger partial charge in [0.05, 0.1) is 0 Å². The zero-order chi connectivity index (χ0) is 11.8. The van der Waals surface area contributed by atoms with Crippen molar-refractivity contribution in [2.24, 2.45) is 17.6 Å². The van der Waals surface area contributed by atoms with E-state index in [1.165, 1.54) is 12.8 Å². The van der Waals surface area contributed by atoms with Crippen molar-refractivity contribution >= 4 is 5.91 Å². The Morgan fingerprint density at radius 3 is 2.27 bits per heavy atom. The minimum Gasteiger partial charge on any atom is -0.353 e. The summed E-state index contributed by atoms with van der Waals surface area (Å²) in [6, 6.07) is 0.269. The predicted molar refractivity (Wildman–Crippen MR) is 64.5 cm³/mol. The molecule has 0 aromatic heterocycles. The minimum atomic E-state index is -0.0717. The van der Waals surface area contributed by atoms with E-state index in [4.69, 9.17) is 5.73 Å². The fourth-order valence-electron chi connectivity index (χ4n) is 1.40. The van der Waals surface area contributed by atoms with Crippen molar-refractivity contribution in [3.05, 3.63) is 0 Å². The molecule has 0 aliphatic rings. The van der Waals surface area contributed by atoms with Crippen LogP contribution in [0.3, 0.4) is 0 Å². The van der Waals surface area contributed by atoms with Gasteiger partial charge in [-0.15, -0.1) is 0 Å². The number of amides is 1. The summed E-state index contributed by atoms with van der Waals surface area (Å²) < 4.78 is 0. The maximum atomic E-state index is 11.5. The molecule has 0 aromatic rings. The maximum Gasteiger partial charge on any atom is 0.224 e. The number of carbonyl (C=O) groups excluding carboxylic acids is 1. The zero-order valence-electron chi connectivity index (χ0n) is 10.5. The molecule has 0 fully saturated rings. The molecule has 2 atom stereocenters. The number of hydrogen-bond donors (Lipinski definition) is 2. The molecule has 0 aromatic carbocycles. The lowest BCUT2D eigenvalue weighted by Gasteiger charge is -2.17. The summed E-state index contributed by atoms with van der Waals surface area (Å²) >= 11 is 0. The maximum absolute atomic E-state index is 11.5. The molecule has 0 rings (SSSR count).